The first kappa shape index (κ1) is 46.4. The topological polar surface area (TPSA) is 256 Å². The minimum Gasteiger partial charge on any atom is -0.394 e. The predicted octanol–water partition coefficient (Wildman–Crippen LogP) is 0.294. The Hall–Kier alpha value is -0.680. The van der Waals surface area contributed by atoms with E-state index in [2.05, 4.69) is 27.7 Å². The van der Waals surface area contributed by atoms with Gasteiger partial charge in [-0.2, -0.15) is 0 Å². The van der Waals surface area contributed by atoms with Gasteiger partial charge < -0.3 is 83.9 Å². The number of aliphatic hydroxyl groups excluding tert-OH is 9. The van der Waals surface area contributed by atoms with E-state index >= 15 is 0 Å². The summed E-state index contributed by atoms with van der Waals surface area (Å²) in [6, 6.07) is 0. The highest BCUT2D eigenvalue weighted by Gasteiger charge is 2.69. The fraction of sp³-hybridized carbons (Fsp3) is 1.00. The van der Waals surface area contributed by atoms with Crippen molar-refractivity contribution in [3.05, 3.63) is 0 Å². The third kappa shape index (κ3) is 7.56. The van der Waals surface area contributed by atoms with Crippen LogP contribution in [0.3, 0.4) is 0 Å². The smallest absolute Gasteiger partial charge is 0.187 e. The lowest BCUT2D eigenvalue weighted by atomic mass is 9.44. The highest BCUT2D eigenvalue weighted by molar-refractivity contribution is 5.15. The molecule has 17 nitrogen and oxygen atoms in total. The molecule has 0 bridgehead atoms. The summed E-state index contributed by atoms with van der Waals surface area (Å²) in [5.41, 5.74) is 0.311. The Kier molecular flexibility index (Phi) is 13.1. The molecule has 9 N–H and O–H groups in total. The molecule has 0 aromatic heterocycles. The highest BCUT2D eigenvalue weighted by atomic mass is 16.8. The quantitative estimate of drug-likeness (QED) is 0.149. The molecule has 4 aliphatic carbocycles. The molecule has 5 saturated heterocycles. The van der Waals surface area contributed by atoms with Gasteiger partial charge >= 0.3 is 0 Å². The molecule has 0 radical (unpaired) electrons. The van der Waals surface area contributed by atoms with Crippen LogP contribution in [-0.2, 0) is 37.9 Å². The fourth-order valence-electron chi connectivity index (χ4n) is 14.6. The Bertz CT molecular complexity index is 1550. The Morgan fingerprint density at radius 3 is 1.94 bits per heavy atom. The van der Waals surface area contributed by atoms with E-state index in [1.165, 1.54) is 19.8 Å². The Morgan fingerprint density at radius 2 is 1.24 bits per heavy atom. The lowest BCUT2D eigenvalue weighted by Gasteiger charge is -2.61. The van der Waals surface area contributed by atoms with Crippen LogP contribution in [0.25, 0.3) is 0 Å². The molecule has 1 spiro atoms. The third-order valence-electron chi connectivity index (χ3n) is 18.2. The number of ether oxygens (including phenoxy) is 8. The summed E-state index contributed by atoms with van der Waals surface area (Å²) in [7, 11) is 0. The zero-order chi connectivity index (χ0) is 44.2. The van der Waals surface area contributed by atoms with Crippen LogP contribution in [-0.4, -0.2) is 176 Å². The molecule has 9 rings (SSSR count). The molecule has 9 aliphatic rings. The normalized spacial score (nSPS) is 58.9. The first-order chi connectivity index (χ1) is 29.4. The number of hydrogen-bond donors (Lipinski definition) is 9. The maximum absolute atomic E-state index is 12.0. The van der Waals surface area contributed by atoms with Crippen molar-refractivity contribution >= 4 is 0 Å². The van der Waals surface area contributed by atoms with E-state index in [1.54, 1.807) is 0 Å². The summed E-state index contributed by atoms with van der Waals surface area (Å²) < 4.78 is 50.0. The number of aliphatic hydroxyl groups is 9. The molecule has 0 aromatic rings. The van der Waals surface area contributed by atoms with Gasteiger partial charge in [0.15, 0.2) is 24.7 Å². The standard InChI is InChI=1S/C45H74O17/c1-19-8-13-45(55-18-19)20(2)30-27(62-45)15-26-24-7-6-22-14-23(9-11-43(22,4)25(24)10-12-44(26,30)5)57-42-39(61-41-36(53)34(51)32(49)28(16-46)58-41)37(54)38(29(17-47)59-42)60-40-35(52)33(50)31(48)21(3)56-40/h19-42,46-54H,6-18H2,1-5H3/t19-,20-,21-,22+,23-,24+,25-,26+,27-,28+,29+,30-,31-,32+,33+,34-,35+,36+,37-,38+,39+,40-,41-,42+,43-,44-,45+/m0/s1. The average Bonchev–Trinajstić information content (AvgIpc) is 3.70. The summed E-state index contributed by atoms with van der Waals surface area (Å²) in [6.45, 7) is 10.6. The SMILES string of the molecule is C[C@H]1CC[C@@]2(OC1)O[C@H]1C[C@@H]3[C@@H]4CC[C@@H]5C[C@@H](O[C@@H]6O[C@H](CO)[C@@H](O[C@@H]7O[C@@H](C)[C@H](O)[C@@H](O)[C@H]7O)[C@H](O)[C@H]6O[C@@H]6O[C@H](CO)[C@@H](O)[C@H](O)[C@H]6O)CC[C@]5(C)[C@H]4CC[C@]3(C)[C@H]1[C@@H]2C. The third-order valence-corrected chi connectivity index (χ3v) is 18.2. The van der Waals surface area contributed by atoms with E-state index in [1.807, 2.05) is 0 Å². The molecule has 0 amide bonds. The van der Waals surface area contributed by atoms with Gasteiger partial charge in [-0.1, -0.05) is 27.7 Å². The summed E-state index contributed by atoms with van der Waals surface area (Å²) in [6.07, 6.45) is -12.7. The molecule has 5 aliphatic heterocycles. The molecule has 17 heteroatoms. The van der Waals surface area contributed by atoms with Crippen molar-refractivity contribution in [1.29, 1.82) is 0 Å². The average molecular weight is 887 g/mol. The largest absolute Gasteiger partial charge is 0.394 e. The predicted molar refractivity (Wildman–Crippen MR) is 214 cm³/mol. The van der Waals surface area contributed by atoms with Crippen molar-refractivity contribution in [3.8, 4) is 0 Å². The molecular formula is C45H74O17. The number of hydrogen-bond acceptors (Lipinski definition) is 17. The van der Waals surface area contributed by atoms with Gasteiger partial charge in [-0.3, -0.25) is 0 Å². The van der Waals surface area contributed by atoms with Crippen molar-refractivity contribution < 1.29 is 83.9 Å². The van der Waals surface area contributed by atoms with E-state index in [-0.39, 0.29) is 23.0 Å². The van der Waals surface area contributed by atoms with Crippen molar-refractivity contribution in [2.24, 2.45) is 52.3 Å². The first-order valence-corrected chi connectivity index (χ1v) is 23.7. The van der Waals surface area contributed by atoms with Crippen molar-refractivity contribution in [2.75, 3.05) is 19.8 Å². The van der Waals surface area contributed by atoms with Crippen LogP contribution in [0.5, 0.6) is 0 Å². The van der Waals surface area contributed by atoms with Gasteiger partial charge in [0.05, 0.1) is 38.1 Å². The Morgan fingerprint density at radius 1 is 0.581 bits per heavy atom. The zero-order valence-electron chi connectivity index (χ0n) is 36.8. The molecule has 27 atom stereocenters. The van der Waals surface area contributed by atoms with Gasteiger partial charge in [-0.25, -0.2) is 0 Å². The molecule has 9 fully saturated rings. The molecule has 0 unspecified atom stereocenters. The Balaban J connectivity index is 0.902. The first-order valence-electron chi connectivity index (χ1n) is 23.7. The molecular weight excluding hydrogens is 812 g/mol. The fourth-order valence-corrected chi connectivity index (χ4v) is 14.6. The monoisotopic (exact) mass is 886 g/mol. The summed E-state index contributed by atoms with van der Waals surface area (Å²) in [4.78, 5) is 0. The molecule has 5 heterocycles. The number of rotatable bonds is 8. The van der Waals surface area contributed by atoms with Crippen LogP contribution < -0.4 is 0 Å². The molecule has 356 valence electrons. The van der Waals surface area contributed by atoms with Gasteiger partial charge in [0, 0.05) is 12.3 Å². The maximum Gasteiger partial charge on any atom is 0.187 e. The summed E-state index contributed by atoms with van der Waals surface area (Å²) >= 11 is 0. The molecule has 62 heavy (non-hydrogen) atoms. The Labute approximate surface area is 364 Å². The van der Waals surface area contributed by atoms with Crippen molar-refractivity contribution in [1.82, 2.24) is 0 Å². The van der Waals surface area contributed by atoms with Gasteiger partial charge in [-0.05, 0) is 111 Å². The lowest BCUT2D eigenvalue weighted by molar-refractivity contribution is -0.391. The second-order valence-corrected chi connectivity index (χ2v) is 21.5. The van der Waals surface area contributed by atoms with Crippen LogP contribution in [0.2, 0.25) is 0 Å². The van der Waals surface area contributed by atoms with E-state index < -0.39 is 111 Å². The maximum atomic E-state index is 12.0. The van der Waals surface area contributed by atoms with E-state index in [0.717, 1.165) is 51.6 Å². The zero-order valence-corrected chi connectivity index (χ0v) is 36.8. The minimum absolute atomic E-state index is 0.0972. The van der Waals surface area contributed by atoms with Crippen LogP contribution in [0, 0.1) is 52.3 Å². The lowest BCUT2D eigenvalue weighted by Crippen LogP contribution is -2.67. The van der Waals surface area contributed by atoms with Crippen LogP contribution in [0.15, 0.2) is 0 Å². The second-order valence-electron chi connectivity index (χ2n) is 21.5. The van der Waals surface area contributed by atoms with E-state index in [9.17, 15) is 46.0 Å². The number of fused-ring (bicyclic) bond motifs is 7. The molecule has 0 aromatic carbocycles. The van der Waals surface area contributed by atoms with Gasteiger partial charge in [0.25, 0.3) is 0 Å². The van der Waals surface area contributed by atoms with Crippen molar-refractivity contribution in [2.45, 2.75) is 209 Å². The van der Waals surface area contributed by atoms with Crippen LogP contribution >= 0.6 is 0 Å². The minimum atomic E-state index is -1.81. The van der Waals surface area contributed by atoms with E-state index in [4.69, 9.17) is 37.9 Å². The van der Waals surface area contributed by atoms with Gasteiger partial charge in [-0.15, -0.1) is 0 Å². The van der Waals surface area contributed by atoms with E-state index in [0.29, 0.717) is 47.8 Å². The second kappa shape index (κ2) is 17.4. The van der Waals surface area contributed by atoms with Crippen molar-refractivity contribution in [3.63, 3.8) is 0 Å². The van der Waals surface area contributed by atoms with Crippen LogP contribution in [0.4, 0.5) is 0 Å². The van der Waals surface area contributed by atoms with Gasteiger partial charge in [0.2, 0.25) is 0 Å². The highest BCUT2D eigenvalue weighted by Crippen LogP contribution is 2.71. The van der Waals surface area contributed by atoms with Gasteiger partial charge in [0.1, 0.15) is 67.1 Å². The summed E-state index contributed by atoms with van der Waals surface area (Å²) in [5, 5.41) is 95.9. The van der Waals surface area contributed by atoms with Crippen LogP contribution in [0.1, 0.15) is 98.8 Å². The molecule has 4 saturated carbocycles. The summed E-state index contributed by atoms with van der Waals surface area (Å²) in [5.74, 6) is 3.15.